The van der Waals surface area contributed by atoms with E-state index in [4.69, 9.17) is 32.7 Å². The SMILES string of the molecule is CCOC(=O)C(C)C(O)C(Cc1ccc(-c2cc(Cl)cc(Cl)c2)cc1)NC(=O)[C@H]1CCCO1. The Labute approximate surface area is 204 Å². The van der Waals surface area contributed by atoms with E-state index in [-0.39, 0.29) is 12.5 Å². The first kappa shape index (κ1) is 25.5. The van der Waals surface area contributed by atoms with Crippen molar-refractivity contribution in [3.63, 3.8) is 0 Å². The topological polar surface area (TPSA) is 84.9 Å². The van der Waals surface area contributed by atoms with E-state index in [0.717, 1.165) is 23.1 Å². The number of nitrogens with one attached hydrogen (secondary N) is 1. The molecule has 4 atom stereocenters. The molecule has 2 aromatic rings. The lowest BCUT2D eigenvalue weighted by atomic mass is 9.92. The maximum absolute atomic E-state index is 12.7. The highest BCUT2D eigenvalue weighted by atomic mass is 35.5. The van der Waals surface area contributed by atoms with Gasteiger partial charge in [0.15, 0.2) is 0 Å². The van der Waals surface area contributed by atoms with Crippen molar-refractivity contribution in [2.45, 2.75) is 51.4 Å². The number of rotatable bonds is 9. The monoisotopic (exact) mass is 493 g/mol. The van der Waals surface area contributed by atoms with Gasteiger partial charge in [-0.1, -0.05) is 47.5 Å². The van der Waals surface area contributed by atoms with Crippen LogP contribution in [0.5, 0.6) is 0 Å². The summed E-state index contributed by atoms with van der Waals surface area (Å²) in [6.45, 7) is 4.07. The number of esters is 1. The summed E-state index contributed by atoms with van der Waals surface area (Å²) in [5, 5.41) is 14.9. The number of ether oxygens (including phenoxy) is 2. The summed E-state index contributed by atoms with van der Waals surface area (Å²) >= 11 is 12.2. The van der Waals surface area contributed by atoms with Gasteiger partial charge in [0, 0.05) is 16.7 Å². The lowest BCUT2D eigenvalue weighted by Crippen LogP contribution is -2.51. The van der Waals surface area contributed by atoms with Crippen LogP contribution in [-0.4, -0.2) is 48.4 Å². The van der Waals surface area contributed by atoms with Crippen LogP contribution in [0.4, 0.5) is 0 Å². The van der Waals surface area contributed by atoms with Crippen LogP contribution < -0.4 is 5.32 Å². The fraction of sp³-hybridized carbons (Fsp3) is 0.440. The van der Waals surface area contributed by atoms with Crippen LogP contribution in [0, 0.1) is 5.92 Å². The van der Waals surface area contributed by atoms with Crippen molar-refractivity contribution in [1.82, 2.24) is 5.32 Å². The fourth-order valence-electron chi connectivity index (χ4n) is 3.89. The Morgan fingerprint density at radius 1 is 1.15 bits per heavy atom. The Morgan fingerprint density at radius 3 is 2.39 bits per heavy atom. The second kappa shape index (κ2) is 11.8. The summed E-state index contributed by atoms with van der Waals surface area (Å²) in [4.78, 5) is 24.9. The zero-order valence-corrected chi connectivity index (χ0v) is 20.2. The smallest absolute Gasteiger partial charge is 0.311 e. The highest BCUT2D eigenvalue weighted by Crippen LogP contribution is 2.28. The van der Waals surface area contributed by atoms with E-state index >= 15 is 0 Å². The van der Waals surface area contributed by atoms with Crippen molar-refractivity contribution in [3.05, 3.63) is 58.1 Å². The number of halogens is 2. The molecule has 0 spiro atoms. The number of hydrogen-bond acceptors (Lipinski definition) is 5. The van der Waals surface area contributed by atoms with Crippen LogP contribution in [0.3, 0.4) is 0 Å². The molecule has 0 saturated carbocycles. The summed E-state index contributed by atoms with van der Waals surface area (Å²) in [6, 6.07) is 12.3. The number of amides is 1. The van der Waals surface area contributed by atoms with E-state index in [0.29, 0.717) is 29.5 Å². The Hall–Kier alpha value is -2.12. The highest BCUT2D eigenvalue weighted by Gasteiger charge is 2.34. The molecule has 2 N–H and O–H groups in total. The van der Waals surface area contributed by atoms with Crippen molar-refractivity contribution >= 4 is 35.1 Å². The van der Waals surface area contributed by atoms with E-state index in [2.05, 4.69) is 5.32 Å². The molecule has 178 valence electrons. The van der Waals surface area contributed by atoms with E-state index in [1.165, 1.54) is 0 Å². The van der Waals surface area contributed by atoms with Gasteiger partial charge in [-0.15, -0.1) is 0 Å². The van der Waals surface area contributed by atoms with E-state index < -0.39 is 30.1 Å². The molecule has 6 nitrogen and oxygen atoms in total. The first-order valence-electron chi connectivity index (χ1n) is 11.1. The average molecular weight is 494 g/mol. The molecular weight excluding hydrogens is 465 g/mol. The molecule has 8 heteroatoms. The number of carbonyl (C=O) groups excluding carboxylic acids is 2. The van der Waals surface area contributed by atoms with Crippen LogP contribution in [0.2, 0.25) is 10.0 Å². The Bertz CT molecular complexity index is 940. The van der Waals surface area contributed by atoms with Gasteiger partial charge in [-0.25, -0.2) is 0 Å². The third kappa shape index (κ3) is 6.93. The van der Waals surface area contributed by atoms with Crippen LogP contribution in [0.15, 0.2) is 42.5 Å². The normalized spacial score (nSPS) is 18.4. The van der Waals surface area contributed by atoms with E-state index in [1.54, 1.807) is 19.9 Å². The van der Waals surface area contributed by atoms with Gasteiger partial charge in [-0.05, 0) is 68.0 Å². The van der Waals surface area contributed by atoms with Crippen molar-refractivity contribution in [1.29, 1.82) is 0 Å². The van der Waals surface area contributed by atoms with Gasteiger partial charge in [-0.2, -0.15) is 0 Å². The van der Waals surface area contributed by atoms with Gasteiger partial charge in [0.25, 0.3) is 0 Å². The predicted molar refractivity (Wildman–Crippen MR) is 128 cm³/mol. The average Bonchev–Trinajstić information content (AvgIpc) is 3.33. The molecule has 3 unspecified atom stereocenters. The second-order valence-corrected chi connectivity index (χ2v) is 9.08. The lowest BCUT2D eigenvalue weighted by Gasteiger charge is -2.28. The zero-order chi connectivity index (χ0) is 24.0. The molecule has 2 aromatic carbocycles. The summed E-state index contributed by atoms with van der Waals surface area (Å²) < 4.78 is 10.5. The molecule has 1 aliphatic heterocycles. The summed E-state index contributed by atoms with van der Waals surface area (Å²) in [6.07, 6.45) is 0.131. The van der Waals surface area contributed by atoms with Crippen LogP contribution in [0.1, 0.15) is 32.3 Å². The van der Waals surface area contributed by atoms with Gasteiger partial charge in [0.2, 0.25) is 5.91 Å². The van der Waals surface area contributed by atoms with Crippen molar-refractivity contribution in [2.24, 2.45) is 5.92 Å². The molecule has 1 heterocycles. The maximum atomic E-state index is 12.7. The maximum Gasteiger partial charge on any atom is 0.311 e. The first-order chi connectivity index (χ1) is 15.8. The standard InChI is InChI=1S/C25H29Cl2NO5/c1-3-32-25(31)15(2)23(29)21(28-24(30)22-5-4-10-33-22)11-16-6-8-17(9-7-16)18-12-19(26)14-20(27)13-18/h6-9,12-15,21-23,29H,3-5,10-11H2,1-2H3,(H,28,30)/t15?,21?,22-,23?/m1/s1. The summed E-state index contributed by atoms with van der Waals surface area (Å²) in [5.41, 5.74) is 2.71. The Morgan fingerprint density at radius 2 is 1.82 bits per heavy atom. The first-order valence-corrected chi connectivity index (χ1v) is 11.9. The highest BCUT2D eigenvalue weighted by molar-refractivity contribution is 6.35. The molecule has 0 aliphatic carbocycles. The van der Waals surface area contributed by atoms with Crippen LogP contribution in [0.25, 0.3) is 11.1 Å². The number of hydrogen-bond donors (Lipinski definition) is 2. The number of aliphatic hydroxyl groups excluding tert-OH is 1. The number of aliphatic hydroxyl groups is 1. The van der Waals surface area contributed by atoms with Gasteiger partial charge in [0.1, 0.15) is 6.10 Å². The van der Waals surface area contributed by atoms with E-state index in [9.17, 15) is 14.7 Å². The molecule has 3 rings (SSSR count). The second-order valence-electron chi connectivity index (χ2n) is 8.21. The largest absolute Gasteiger partial charge is 0.466 e. The molecular formula is C25H29Cl2NO5. The van der Waals surface area contributed by atoms with Gasteiger partial charge >= 0.3 is 5.97 Å². The van der Waals surface area contributed by atoms with Crippen molar-refractivity contribution < 1.29 is 24.2 Å². The minimum absolute atomic E-state index is 0.220. The third-order valence-electron chi connectivity index (χ3n) is 5.74. The van der Waals surface area contributed by atoms with Gasteiger partial charge in [-0.3, -0.25) is 9.59 Å². The van der Waals surface area contributed by atoms with Crippen LogP contribution >= 0.6 is 23.2 Å². The van der Waals surface area contributed by atoms with Crippen molar-refractivity contribution in [3.8, 4) is 11.1 Å². The predicted octanol–water partition coefficient (Wildman–Crippen LogP) is 4.43. The molecule has 0 aromatic heterocycles. The minimum atomic E-state index is -1.12. The van der Waals surface area contributed by atoms with Gasteiger partial charge < -0.3 is 19.9 Å². The number of benzene rings is 2. The molecule has 1 aliphatic rings. The van der Waals surface area contributed by atoms with Crippen molar-refractivity contribution in [2.75, 3.05) is 13.2 Å². The fourth-order valence-corrected chi connectivity index (χ4v) is 4.41. The summed E-state index contributed by atoms with van der Waals surface area (Å²) in [7, 11) is 0. The molecule has 1 saturated heterocycles. The van der Waals surface area contributed by atoms with Gasteiger partial charge in [0.05, 0.1) is 24.7 Å². The zero-order valence-electron chi connectivity index (χ0n) is 18.7. The third-order valence-corrected chi connectivity index (χ3v) is 6.17. The molecule has 0 bridgehead atoms. The molecule has 0 radical (unpaired) electrons. The molecule has 1 fully saturated rings. The summed E-state index contributed by atoms with van der Waals surface area (Å²) in [5.74, 6) is -1.58. The molecule has 1 amide bonds. The Balaban J connectivity index is 1.77. The van der Waals surface area contributed by atoms with Crippen LogP contribution in [-0.2, 0) is 25.5 Å². The Kier molecular flexibility index (Phi) is 9.15. The lowest BCUT2D eigenvalue weighted by molar-refractivity contribution is -0.152. The minimum Gasteiger partial charge on any atom is -0.466 e. The molecule has 33 heavy (non-hydrogen) atoms. The van der Waals surface area contributed by atoms with E-state index in [1.807, 2.05) is 36.4 Å². The number of carbonyl (C=O) groups is 2. The quantitative estimate of drug-likeness (QED) is 0.504.